The predicted octanol–water partition coefficient (Wildman–Crippen LogP) is -1.72. The van der Waals surface area contributed by atoms with Crippen molar-refractivity contribution < 1.29 is 25.2 Å². The van der Waals surface area contributed by atoms with E-state index in [2.05, 4.69) is 16.2 Å². The predicted molar refractivity (Wildman–Crippen MR) is 82.7 cm³/mol. The Morgan fingerprint density at radius 3 is 2.45 bits per heavy atom. The maximum atomic E-state index is 10.00. The van der Waals surface area contributed by atoms with Gasteiger partial charge >= 0.3 is 0 Å². The van der Waals surface area contributed by atoms with Crippen LogP contribution in [0.25, 0.3) is 0 Å². The van der Waals surface area contributed by atoms with Gasteiger partial charge in [0.2, 0.25) is 0 Å². The van der Waals surface area contributed by atoms with Crippen LogP contribution in [0.2, 0.25) is 0 Å². The standard InChI is InChI=1S/C13H19N3O5S/c17-6-9-10(19)11(20)13(7-18,21-9)16-15-12(22)14-8-4-2-1-3-5-8/h1-5,9-11,16-20H,6-7H2,(H2,14,15,22)/t9-,10-,11-,13-/m0/s1. The molecule has 7 N–H and O–H groups in total. The molecule has 4 atom stereocenters. The molecule has 0 aromatic heterocycles. The first kappa shape index (κ1) is 17.0. The van der Waals surface area contributed by atoms with Crippen LogP contribution < -0.4 is 16.2 Å². The minimum absolute atomic E-state index is 0.178. The van der Waals surface area contributed by atoms with Gasteiger partial charge in [0.05, 0.1) is 13.2 Å². The van der Waals surface area contributed by atoms with Crippen LogP contribution in [0.1, 0.15) is 0 Å². The van der Waals surface area contributed by atoms with E-state index >= 15 is 0 Å². The fourth-order valence-corrected chi connectivity index (χ4v) is 2.32. The van der Waals surface area contributed by atoms with Gasteiger partial charge in [-0.05, 0) is 24.4 Å². The van der Waals surface area contributed by atoms with Gasteiger partial charge in [0.25, 0.3) is 0 Å². The third-order valence-electron chi connectivity index (χ3n) is 3.38. The number of benzene rings is 1. The summed E-state index contributed by atoms with van der Waals surface area (Å²) >= 11 is 5.08. The molecule has 1 fully saturated rings. The van der Waals surface area contributed by atoms with Crippen molar-refractivity contribution in [3.63, 3.8) is 0 Å². The fraction of sp³-hybridized carbons (Fsp3) is 0.462. The van der Waals surface area contributed by atoms with E-state index in [0.29, 0.717) is 0 Å². The molecule has 1 heterocycles. The zero-order valence-electron chi connectivity index (χ0n) is 11.6. The molecular formula is C13H19N3O5S. The van der Waals surface area contributed by atoms with Crippen LogP contribution in [0.5, 0.6) is 0 Å². The van der Waals surface area contributed by atoms with Crippen LogP contribution >= 0.6 is 12.2 Å². The van der Waals surface area contributed by atoms with Gasteiger partial charge in [-0.1, -0.05) is 18.2 Å². The molecule has 0 saturated carbocycles. The van der Waals surface area contributed by atoms with Crippen LogP contribution in [0.3, 0.4) is 0 Å². The Bertz CT molecular complexity index is 506. The number of nitrogens with one attached hydrogen (secondary N) is 3. The first-order valence-electron chi connectivity index (χ1n) is 6.67. The first-order valence-corrected chi connectivity index (χ1v) is 7.08. The lowest BCUT2D eigenvalue weighted by Gasteiger charge is -2.31. The Morgan fingerprint density at radius 1 is 1.23 bits per heavy atom. The van der Waals surface area contributed by atoms with Gasteiger partial charge in [-0.25, -0.2) is 0 Å². The summed E-state index contributed by atoms with van der Waals surface area (Å²) < 4.78 is 5.31. The number of rotatable bonds is 5. The molecule has 1 aromatic carbocycles. The summed E-state index contributed by atoms with van der Waals surface area (Å²) in [5, 5.41) is 41.4. The minimum Gasteiger partial charge on any atom is -0.394 e. The number of aliphatic hydroxyl groups is 4. The lowest BCUT2D eigenvalue weighted by molar-refractivity contribution is -0.142. The number of anilines is 1. The number of para-hydroxylation sites is 1. The summed E-state index contributed by atoms with van der Waals surface area (Å²) in [6, 6.07) is 9.14. The van der Waals surface area contributed by atoms with Crippen LogP contribution in [-0.2, 0) is 4.74 Å². The number of ether oxygens (including phenoxy) is 1. The third kappa shape index (κ3) is 3.52. The van der Waals surface area contributed by atoms with Crippen molar-refractivity contribution in [1.82, 2.24) is 10.9 Å². The second-order valence-corrected chi connectivity index (χ2v) is 5.30. The number of hydrazine groups is 1. The van der Waals surface area contributed by atoms with Gasteiger partial charge in [-0.3, -0.25) is 5.43 Å². The number of hydrogen-bond acceptors (Lipinski definition) is 7. The topological polar surface area (TPSA) is 126 Å². The molecule has 1 aromatic rings. The molecule has 1 aliphatic heterocycles. The molecule has 0 amide bonds. The highest BCUT2D eigenvalue weighted by Crippen LogP contribution is 2.28. The van der Waals surface area contributed by atoms with E-state index in [9.17, 15) is 15.3 Å². The fourth-order valence-electron chi connectivity index (χ4n) is 2.15. The molecule has 122 valence electrons. The third-order valence-corrected chi connectivity index (χ3v) is 3.58. The second kappa shape index (κ2) is 7.29. The zero-order chi connectivity index (χ0) is 16.2. The van der Waals surface area contributed by atoms with E-state index in [1.807, 2.05) is 30.3 Å². The Hall–Kier alpha value is -1.33. The SMILES string of the molecule is OC[C@@H]1O[C@](CO)(NNC(=S)Nc2ccccc2)[C@@H](O)[C@H]1O. The minimum atomic E-state index is -1.67. The van der Waals surface area contributed by atoms with Crippen molar-refractivity contribution in [2.75, 3.05) is 18.5 Å². The molecule has 0 spiro atoms. The molecule has 0 radical (unpaired) electrons. The van der Waals surface area contributed by atoms with Crippen molar-refractivity contribution >= 4 is 23.0 Å². The summed E-state index contributed by atoms with van der Waals surface area (Å²) in [5.74, 6) is 0. The van der Waals surface area contributed by atoms with Crippen molar-refractivity contribution in [3.8, 4) is 0 Å². The van der Waals surface area contributed by atoms with Gasteiger partial charge in [0.1, 0.15) is 18.3 Å². The second-order valence-electron chi connectivity index (χ2n) is 4.89. The van der Waals surface area contributed by atoms with E-state index in [0.717, 1.165) is 5.69 Å². The molecule has 1 saturated heterocycles. The van der Waals surface area contributed by atoms with E-state index in [-0.39, 0.29) is 5.11 Å². The summed E-state index contributed by atoms with van der Waals surface area (Å²) in [6.45, 7) is -1.13. The van der Waals surface area contributed by atoms with Gasteiger partial charge in [-0.2, -0.15) is 5.43 Å². The maximum absolute atomic E-state index is 10.00. The van der Waals surface area contributed by atoms with E-state index in [4.69, 9.17) is 22.1 Å². The Kier molecular flexibility index (Phi) is 5.64. The average molecular weight is 329 g/mol. The number of aliphatic hydroxyl groups excluding tert-OH is 4. The lowest BCUT2D eigenvalue weighted by atomic mass is 10.0. The molecule has 22 heavy (non-hydrogen) atoms. The van der Waals surface area contributed by atoms with Crippen molar-refractivity contribution in [1.29, 1.82) is 0 Å². The van der Waals surface area contributed by atoms with Gasteiger partial charge < -0.3 is 30.5 Å². The van der Waals surface area contributed by atoms with Gasteiger partial charge in [-0.15, -0.1) is 0 Å². The smallest absolute Gasteiger partial charge is 0.187 e. The molecule has 2 rings (SSSR count). The molecule has 0 unspecified atom stereocenters. The van der Waals surface area contributed by atoms with Crippen molar-refractivity contribution in [2.45, 2.75) is 24.0 Å². The molecule has 8 nitrogen and oxygen atoms in total. The zero-order valence-corrected chi connectivity index (χ0v) is 12.5. The summed E-state index contributed by atoms with van der Waals surface area (Å²) in [6.07, 6.45) is -3.78. The highest BCUT2D eigenvalue weighted by atomic mass is 32.1. The highest BCUT2D eigenvalue weighted by Gasteiger charge is 2.54. The maximum Gasteiger partial charge on any atom is 0.187 e. The number of hydrogen-bond donors (Lipinski definition) is 7. The Labute approximate surface area is 132 Å². The van der Waals surface area contributed by atoms with Gasteiger partial charge in [0, 0.05) is 5.69 Å². The van der Waals surface area contributed by atoms with E-state index < -0.39 is 37.3 Å². The monoisotopic (exact) mass is 329 g/mol. The normalized spacial score (nSPS) is 31.0. The Balaban J connectivity index is 1.95. The van der Waals surface area contributed by atoms with Gasteiger partial charge in [0.15, 0.2) is 10.8 Å². The highest BCUT2D eigenvalue weighted by molar-refractivity contribution is 7.80. The van der Waals surface area contributed by atoms with Crippen molar-refractivity contribution in [3.05, 3.63) is 30.3 Å². The van der Waals surface area contributed by atoms with Crippen LogP contribution in [0.15, 0.2) is 30.3 Å². The first-order chi connectivity index (χ1) is 10.5. The number of thiocarbonyl (C=S) groups is 1. The van der Waals surface area contributed by atoms with Crippen LogP contribution in [0.4, 0.5) is 5.69 Å². The van der Waals surface area contributed by atoms with E-state index in [1.54, 1.807) is 0 Å². The molecular weight excluding hydrogens is 310 g/mol. The quantitative estimate of drug-likeness (QED) is 0.249. The summed E-state index contributed by atoms with van der Waals surface area (Å²) in [7, 11) is 0. The molecule has 0 aliphatic carbocycles. The summed E-state index contributed by atoms with van der Waals surface area (Å²) in [5.41, 5.74) is 4.23. The molecule has 9 heteroatoms. The van der Waals surface area contributed by atoms with Crippen molar-refractivity contribution in [2.24, 2.45) is 0 Å². The molecule has 0 bridgehead atoms. The van der Waals surface area contributed by atoms with Crippen LogP contribution in [0, 0.1) is 0 Å². The Morgan fingerprint density at radius 2 is 1.91 bits per heavy atom. The largest absolute Gasteiger partial charge is 0.394 e. The van der Waals surface area contributed by atoms with E-state index in [1.165, 1.54) is 0 Å². The molecule has 1 aliphatic rings. The van der Waals surface area contributed by atoms with Crippen LogP contribution in [-0.4, -0.2) is 62.8 Å². The average Bonchev–Trinajstić information content (AvgIpc) is 2.79. The summed E-state index contributed by atoms with van der Waals surface area (Å²) in [4.78, 5) is 0. The lowest BCUT2D eigenvalue weighted by Crippen LogP contribution is -2.63.